The monoisotopic (exact) mass is 281 g/mol. The second-order valence-electron chi connectivity index (χ2n) is 5.14. The average Bonchev–Trinajstić information content (AvgIpc) is 3.06. The summed E-state index contributed by atoms with van der Waals surface area (Å²) in [6.07, 6.45) is 1.88. The fraction of sp³-hybridized carbons (Fsp3) is 0.692. The number of hydrogen-bond acceptors (Lipinski definition) is 6. The number of nitrogens with one attached hydrogen (secondary N) is 2. The molecule has 112 valence electrons. The van der Waals surface area contributed by atoms with E-state index in [2.05, 4.69) is 22.7 Å². The van der Waals surface area contributed by atoms with Gasteiger partial charge in [-0.1, -0.05) is 6.92 Å². The van der Waals surface area contributed by atoms with Crippen molar-refractivity contribution in [3.8, 4) is 0 Å². The number of carbonyl (C=O) groups excluding carboxylic acids is 1. The van der Waals surface area contributed by atoms with Crippen molar-refractivity contribution in [3.05, 3.63) is 5.56 Å². The maximum atomic E-state index is 11.9. The van der Waals surface area contributed by atoms with Crippen molar-refractivity contribution in [2.75, 3.05) is 31.2 Å². The van der Waals surface area contributed by atoms with Crippen LogP contribution < -0.4 is 16.4 Å². The molecule has 0 spiro atoms. The predicted molar refractivity (Wildman–Crippen MR) is 77.9 cm³/mol. The molecule has 2 unspecified atom stereocenters. The summed E-state index contributed by atoms with van der Waals surface area (Å²) in [7, 11) is 1.35. The molecule has 1 aliphatic rings. The number of aromatic nitrogens is 2. The van der Waals surface area contributed by atoms with E-state index in [0.717, 1.165) is 25.9 Å². The normalized spacial score (nSPS) is 19.9. The van der Waals surface area contributed by atoms with Crippen LogP contribution in [0, 0.1) is 0 Å². The van der Waals surface area contributed by atoms with Gasteiger partial charge >= 0.3 is 5.97 Å². The molecule has 20 heavy (non-hydrogen) atoms. The largest absolute Gasteiger partial charge is 0.465 e. The first kappa shape index (κ1) is 14.6. The number of rotatable bonds is 5. The molecule has 2 rings (SSSR count). The summed E-state index contributed by atoms with van der Waals surface area (Å²) >= 11 is 0. The number of nitrogens with two attached hydrogens (primary N) is 1. The van der Waals surface area contributed by atoms with Crippen molar-refractivity contribution in [1.82, 2.24) is 15.1 Å². The Balaban J connectivity index is 2.34. The van der Waals surface area contributed by atoms with Gasteiger partial charge in [-0.2, -0.15) is 5.10 Å². The van der Waals surface area contributed by atoms with Crippen molar-refractivity contribution in [3.63, 3.8) is 0 Å². The van der Waals surface area contributed by atoms with Gasteiger partial charge in [0.25, 0.3) is 0 Å². The summed E-state index contributed by atoms with van der Waals surface area (Å²) in [5.74, 6) is 0.425. The Morgan fingerprint density at radius 2 is 2.45 bits per heavy atom. The maximum Gasteiger partial charge on any atom is 0.345 e. The summed E-state index contributed by atoms with van der Waals surface area (Å²) in [6.45, 7) is 5.90. The van der Waals surface area contributed by atoms with Crippen LogP contribution in [0.15, 0.2) is 0 Å². The SMILES string of the molecule is CCC(C)n1nc(NC2CCNC2)c(C(=O)OC)c1N. The van der Waals surface area contributed by atoms with Crippen molar-refractivity contribution in [1.29, 1.82) is 0 Å². The Bertz CT molecular complexity index is 479. The lowest BCUT2D eigenvalue weighted by atomic mass is 10.2. The molecular formula is C13H23N5O2. The molecule has 0 aromatic carbocycles. The molecule has 1 saturated heterocycles. The zero-order valence-corrected chi connectivity index (χ0v) is 12.3. The Morgan fingerprint density at radius 3 is 3.00 bits per heavy atom. The van der Waals surface area contributed by atoms with Crippen LogP contribution in [0.4, 0.5) is 11.6 Å². The van der Waals surface area contributed by atoms with Crippen LogP contribution in [0.2, 0.25) is 0 Å². The van der Waals surface area contributed by atoms with Gasteiger partial charge in [0, 0.05) is 12.6 Å². The van der Waals surface area contributed by atoms with E-state index in [1.807, 2.05) is 6.92 Å². The molecule has 1 fully saturated rings. The van der Waals surface area contributed by atoms with E-state index in [1.54, 1.807) is 4.68 Å². The lowest BCUT2D eigenvalue weighted by molar-refractivity contribution is 0.0603. The molecule has 0 aliphatic carbocycles. The highest BCUT2D eigenvalue weighted by Gasteiger charge is 2.26. The molecule has 2 heterocycles. The number of esters is 1. The van der Waals surface area contributed by atoms with Gasteiger partial charge in [0.15, 0.2) is 5.82 Å². The topological polar surface area (TPSA) is 94.2 Å². The lowest BCUT2D eigenvalue weighted by Gasteiger charge is -2.11. The first-order chi connectivity index (χ1) is 9.58. The minimum atomic E-state index is -0.453. The van der Waals surface area contributed by atoms with Crippen molar-refractivity contribution < 1.29 is 9.53 Å². The molecule has 1 aliphatic heterocycles. The highest BCUT2D eigenvalue weighted by Crippen LogP contribution is 2.27. The van der Waals surface area contributed by atoms with Gasteiger partial charge in [-0.05, 0) is 26.3 Å². The molecule has 7 nitrogen and oxygen atoms in total. The number of nitrogen functional groups attached to an aromatic ring is 1. The zero-order valence-electron chi connectivity index (χ0n) is 12.3. The average molecular weight is 281 g/mol. The minimum Gasteiger partial charge on any atom is -0.465 e. The highest BCUT2D eigenvalue weighted by atomic mass is 16.5. The fourth-order valence-electron chi connectivity index (χ4n) is 2.33. The van der Waals surface area contributed by atoms with Gasteiger partial charge in [0.1, 0.15) is 11.4 Å². The molecule has 4 N–H and O–H groups in total. The summed E-state index contributed by atoms with van der Waals surface area (Å²) < 4.78 is 6.51. The third kappa shape index (κ3) is 2.72. The van der Waals surface area contributed by atoms with Crippen LogP contribution >= 0.6 is 0 Å². The van der Waals surface area contributed by atoms with Crippen LogP contribution in [-0.4, -0.2) is 42.0 Å². The van der Waals surface area contributed by atoms with Crippen LogP contribution in [0.5, 0.6) is 0 Å². The Kier molecular flexibility index (Phi) is 4.49. The van der Waals surface area contributed by atoms with Gasteiger partial charge in [-0.25, -0.2) is 9.48 Å². The third-order valence-corrected chi connectivity index (χ3v) is 3.75. The molecule has 0 saturated carbocycles. The number of nitrogens with zero attached hydrogens (tertiary/aromatic N) is 2. The maximum absolute atomic E-state index is 11.9. The molecule has 2 atom stereocenters. The van der Waals surface area contributed by atoms with E-state index in [0.29, 0.717) is 17.2 Å². The molecule has 0 radical (unpaired) electrons. The van der Waals surface area contributed by atoms with Crippen LogP contribution in [0.25, 0.3) is 0 Å². The number of carbonyl (C=O) groups is 1. The zero-order chi connectivity index (χ0) is 14.7. The number of anilines is 2. The summed E-state index contributed by atoms with van der Waals surface area (Å²) in [5.41, 5.74) is 6.41. The van der Waals surface area contributed by atoms with Gasteiger partial charge in [-0.15, -0.1) is 0 Å². The van der Waals surface area contributed by atoms with Crippen LogP contribution in [0.3, 0.4) is 0 Å². The van der Waals surface area contributed by atoms with E-state index in [4.69, 9.17) is 10.5 Å². The van der Waals surface area contributed by atoms with Gasteiger partial charge < -0.3 is 21.1 Å². The number of hydrogen-bond donors (Lipinski definition) is 3. The second kappa shape index (κ2) is 6.13. The molecule has 7 heteroatoms. The highest BCUT2D eigenvalue weighted by molar-refractivity contribution is 5.99. The quantitative estimate of drug-likeness (QED) is 0.697. The van der Waals surface area contributed by atoms with Gasteiger partial charge in [0.2, 0.25) is 0 Å². The standard InChI is InChI=1S/C13H23N5O2/c1-4-8(2)18-11(14)10(13(19)20-3)12(17-18)16-9-5-6-15-7-9/h8-9,15H,4-7,14H2,1-3H3,(H,16,17). The van der Waals surface area contributed by atoms with E-state index >= 15 is 0 Å². The fourth-order valence-corrected chi connectivity index (χ4v) is 2.33. The summed E-state index contributed by atoms with van der Waals surface area (Å²) in [5, 5.41) is 11.0. The lowest BCUT2D eigenvalue weighted by Crippen LogP contribution is -2.23. The smallest absolute Gasteiger partial charge is 0.345 e. The van der Waals surface area contributed by atoms with Gasteiger partial charge in [0.05, 0.1) is 13.2 Å². The first-order valence-corrected chi connectivity index (χ1v) is 7.02. The van der Waals surface area contributed by atoms with Gasteiger partial charge in [-0.3, -0.25) is 0 Å². The predicted octanol–water partition coefficient (Wildman–Crippen LogP) is 0.997. The van der Waals surface area contributed by atoms with Crippen molar-refractivity contribution in [2.24, 2.45) is 0 Å². The minimum absolute atomic E-state index is 0.135. The van der Waals surface area contributed by atoms with Crippen molar-refractivity contribution >= 4 is 17.6 Å². The third-order valence-electron chi connectivity index (χ3n) is 3.75. The molecule has 0 amide bonds. The first-order valence-electron chi connectivity index (χ1n) is 7.02. The van der Waals surface area contributed by atoms with E-state index in [1.165, 1.54) is 7.11 Å². The molecule has 1 aromatic rings. The van der Waals surface area contributed by atoms with E-state index in [-0.39, 0.29) is 12.1 Å². The van der Waals surface area contributed by atoms with E-state index in [9.17, 15) is 4.79 Å². The molecule has 0 bridgehead atoms. The number of methoxy groups -OCH3 is 1. The molecular weight excluding hydrogens is 258 g/mol. The Labute approximate surface area is 118 Å². The van der Waals surface area contributed by atoms with Crippen LogP contribution in [-0.2, 0) is 4.74 Å². The molecule has 1 aromatic heterocycles. The number of ether oxygens (including phenoxy) is 1. The summed E-state index contributed by atoms with van der Waals surface area (Å²) in [4.78, 5) is 11.9. The Hall–Kier alpha value is -1.76. The van der Waals surface area contributed by atoms with Crippen molar-refractivity contribution in [2.45, 2.75) is 38.8 Å². The second-order valence-corrected chi connectivity index (χ2v) is 5.14. The van der Waals surface area contributed by atoms with Crippen LogP contribution in [0.1, 0.15) is 43.1 Å². The summed E-state index contributed by atoms with van der Waals surface area (Å²) in [6, 6.07) is 0.397. The Morgan fingerprint density at radius 1 is 1.70 bits per heavy atom. The van der Waals surface area contributed by atoms with E-state index < -0.39 is 5.97 Å².